The number of carboxylic acid groups (broad SMARTS) is 1. The number of benzene rings is 2. The SMILES string of the molecule is CCC(=O)O.C[C@H]1CN(Cc2[c-]ccc(Cl)c2)CCN1S(=O)(=O)c1ccccc1.[Na+]. The van der Waals surface area contributed by atoms with Crippen molar-refractivity contribution in [3.8, 4) is 0 Å². The molecule has 158 valence electrons. The Balaban J connectivity index is 0.000000674. The third-order valence-electron chi connectivity index (χ3n) is 4.52. The molecule has 9 heteroatoms. The van der Waals surface area contributed by atoms with Crippen LogP contribution in [0.4, 0.5) is 0 Å². The number of carboxylic acids is 1. The molecule has 1 fully saturated rings. The molecule has 1 atom stereocenters. The molecule has 1 heterocycles. The van der Waals surface area contributed by atoms with Crippen molar-refractivity contribution in [2.24, 2.45) is 0 Å². The van der Waals surface area contributed by atoms with Gasteiger partial charge in [0.1, 0.15) is 0 Å². The third-order valence-corrected chi connectivity index (χ3v) is 6.78. The van der Waals surface area contributed by atoms with Gasteiger partial charge in [-0.1, -0.05) is 30.1 Å². The van der Waals surface area contributed by atoms with E-state index in [9.17, 15) is 13.2 Å². The van der Waals surface area contributed by atoms with Crippen LogP contribution in [0.2, 0.25) is 5.02 Å². The van der Waals surface area contributed by atoms with Crippen LogP contribution in [-0.4, -0.2) is 54.4 Å². The van der Waals surface area contributed by atoms with E-state index in [1.165, 1.54) is 0 Å². The summed E-state index contributed by atoms with van der Waals surface area (Å²) in [6.45, 7) is 6.14. The topological polar surface area (TPSA) is 77.9 Å². The van der Waals surface area contributed by atoms with Crippen LogP contribution in [0, 0.1) is 6.07 Å². The van der Waals surface area contributed by atoms with Crippen molar-refractivity contribution in [2.45, 2.75) is 37.8 Å². The second-order valence-electron chi connectivity index (χ2n) is 6.79. The fourth-order valence-corrected chi connectivity index (χ4v) is 4.89. The summed E-state index contributed by atoms with van der Waals surface area (Å²) in [6, 6.07) is 17.2. The van der Waals surface area contributed by atoms with E-state index in [-0.39, 0.29) is 42.0 Å². The van der Waals surface area contributed by atoms with Gasteiger partial charge in [-0.2, -0.15) is 22.5 Å². The number of carbonyl (C=O) groups is 1. The maximum absolute atomic E-state index is 12.8. The molecule has 6 nitrogen and oxygen atoms in total. The van der Waals surface area contributed by atoms with Crippen molar-refractivity contribution in [3.05, 3.63) is 65.2 Å². The van der Waals surface area contributed by atoms with Gasteiger partial charge in [-0.3, -0.25) is 9.69 Å². The van der Waals surface area contributed by atoms with Crippen molar-refractivity contribution in [1.82, 2.24) is 9.21 Å². The Morgan fingerprint density at radius 3 is 2.40 bits per heavy atom. The molecule has 0 spiro atoms. The molecule has 2 aromatic rings. The minimum Gasteiger partial charge on any atom is -0.481 e. The van der Waals surface area contributed by atoms with Gasteiger partial charge in [-0.15, -0.1) is 23.2 Å². The summed E-state index contributed by atoms with van der Waals surface area (Å²) in [5, 5.41) is 8.42. The number of nitrogens with zero attached hydrogens (tertiary/aromatic N) is 2. The molecule has 0 unspecified atom stereocenters. The fourth-order valence-electron chi connectivity index (χ4n) is 3.06. The molecule has 1 saturated heterocycles. The van der Waals surface area contributed by atoms with Gasteiger partial charge in [-0.25, -0.2) is 8.42 Å². The first kappa shape index (κ1) is 27.1. The number of aliphatic carboxylic acids is 1. The number of piperazine rings is 1. The molecule has 0 radical (unpaired) electrons. The molecule has 0 bridgehead atoms. The van der Waals surface area contributed by atoms with Crippen LogP contribution in [0.25, 0.3) is 0 Å². The summed E-state index contributed by atoms with van der Waals surface area (Å²) in [5.74, 6) is -0.745. The van der Waals surface area contributed by atoms with Crippen LogP contribution >= 0.6 is 11.6 Å². The molecule has 0 amide bonds. The van der Waals surface area contributed by atoms with E-state index in [1.54, 1.807) is 41.6 Å². The summed E-state index contributed by atoms with van der Waals surface area (Å²) in [7, 11) is -3.44. The summed E-state index contributed by atoms with van der Waals surface area (Å²) >= 11 is 6.02. The Labute approximate surface area is 206 Å². The van der Waals surface area contributed by atoms with Crippen molar-refractivity contribution >= 4 is 27.6 Å². The van der Waals surface area contributed by atoms with E-state index in [0.29, 0.717) is 29.6 Å². The van der Waals surface area contributed by atoms with Crippen molar-refractivity contribution in [1.29, 1.82) is 0 Å². The third kappa shape index (κ3) is 7.96. The van der Waals surface area contributed by atoms with E-state index in [4.69, 9.17) is 16.7 Å². The number of sulfonamides is 1. The fraction of sp³-hybridized carbons (Fsp3) is 0.381. The first-order valence-corrected chi connectivity index (χ1v) is 11.2. The van der Waals surface area contributed by atoms with E-state index in [1.807, 2.05) is 25.1 Å². The van der Waals surface area contributed by atoms with Gasteiger partial charge in [-0.05, 0) is 19.1 Å². The van der Waals surface area contributed by atoms with Crippen LogP contribution < -0.4 is 29.6 Å². The minimum atomic E-state index is -3.44. The van der Waals surface area contributed by atoms with Crippen LogP contribution in [0.15, 0.2) is 53.4 Å². The maximum Gasteiger partial charge on any atom is 1.00 e. The van der Waals surface area contributed by atoms with E-state index >= 15 is 0 Å². The van der Waals surface area contributed by atoms with E-state index in [0.717, 1.165) is 12.1 Å². The smallest absolute Gasteiger partial charge is 0.481 e. The maximum atomic E-state index is 12.8. The summed E-state index contributed by atoms with van der Waals surface area (Å²) in [6.07, 6.45) is 0.222. The van der Waals surface area contributed by atoms with Crippen LogP contribution in [-0.2, 0) is 21.4 Å². The molecule has 1 aliphatic rings. The van der Waals surface area contributed by atoms with Crippen molar-refractivity contribution < 1.29 is 47.9 Å². The average Bonchev–Trinajstić information content (AvgIpc) is 2.69. The van der Waals surface area contributed by atoms with E-state index in [2.05, 4.69) is 11.0 Å². The first-order chi connectivity index (χ1) is 13.7. The standard InChI is InChI=1S/C18H20ClN2O2S.C3H6O2.Na/c1-15-13-20(14-16-6-5-7-17(19)12-16)10-11-21(15)24(22,23)18-8-3-2-4-9-18;1-2-3(4)5;/h2-5,7-9,12,15H,10-11,13-14H2,1H3;2H2,1H3,(H,4,5);/q-1;;+1/t15-;;/m0../s1. The van der Waals surface area contributed by atoms with Crippen molar-refractivity contribution in [2.75, 3.05) is 19.6 Å². The molecule has 1 N–H and O–H groups in total. The Hall–Kier alpha value is -0.930. The summed E-state index contributed by atoms with van der Waals surface area (Å²) < 4.78 is 27.2. The number of halogens is 1. The molecular formula is C21H26ClN2NaO4S. The Morgan fingerprint density at radius 1 is 1.23 bits per heavy atom. The number of hydrogen-bond donors (Lipinski definition) is 1. The minimum absolute atomic E-state index is 0. The molecule has 0 aliphatic carbocycles. The Kier molecular flexibility index (Phi) is 11.6. The second-order valence-corrected chi connectivity index (χ2v) is 9.12. The molecule has 0 saturated carbocycles. The molecule has 0 aromatic heterocycles. The van der Waals surface area contributed by atoms with Crippen LogP contribution in [0.1, 0.15) is 25.8 Å². The zero-order valence-electron chi connectivity index (χ0n) is 17.6. The van der Waals surface area contributed by atoms with Gasteiger partial charge in [0, 0.05) is 38.6 Å². The molecule has 3 rings (SSSR count). The van der Waals surface area contributed by atoms with Gasteiger partial charge < -0.3 is 5.11 Å². The van der Waals surface area contributed by atoms with Crippen LogP contribution in [0.5, 0.6) is 0 Å². The van der Waals surface area contributed by atoms with Gasteiger partial charge in [0.15, 0.2) is 0 Å². The quantitative estimate of drug-likeness (QED) is 0.520. The molecule has 2 aromatic carbocycles. The molecule has 1 aliphatic heterocycles. The first-order valence-electron chi connectivity index (χ1n) is 9.41. The average molecular weight is 461 g/mol. The zero-order valence-corrected chi connectivity index (χ0v) is 21.2. The molecular weight excluding hydrogens is 435 g/mol. The predicted molar refractivity (Wildman–Crippen MR) is 113 cm³/mol. The molecule has 30 heavy (non-hydrogen) atoms. The van der Waals surface area contributed by atoms with E-state index < -0.39 is 16.0 Å². The zero-order chi connectivity index (χ0) is 21.4. The normalized spacial score (nSPS) is 17.4. The Bertz CT molecular complexity index is 912. The van der Waals surface area contributed by atoms with Crippen molar-refractivity contribution in [3.63, 3.8) is 0 Å². The summed E-state index contributed by atoms with van der Waals surface area (Å²) in [5.41, 5.74) is 1.02. The summed E-state index contributed by atoms with van der Waals surface area (Å²) in [4.78, 5) is 12.0. The largest absolute Gasteiger partial charge is 1.00 e. The predicted octanol–water partition coefficient (Wildman–Crippen LogP) is 0.520. The van der Waals surface area contributed by atoms with Crippen LogP contribution in [0.3, 0.4) is 0 Å². The van der Waals surface area contributed by atoms with Gasteiger partial charge in [0.2, 0.25) is 10.0 Å². The van der Waals surface area contributed by atoms with Gasteiger partial charge in [0.25, 0.3) is 0 Å². The number of hydrogen-bond acceptors (Lipinski definition) is 4. The Morgan fingerprint density at radius 2 is 1.87 bits per heavy atom. The van der Waals surface area contributed by atoms with Gasteiger partial charge in [0.05, 0.1) is 4.90 Å². The van der Waals surface area contributed by atoms with Gasteiger partial charge >= 0.3 is 35.5 Å². The number of rotatable bonds is 5. The monoisotopic (exact) mass is 460 g/mol. The second kappa shape index (κ2) is 12.8.